The van der Waals surface area contributed by atoms with Gasteiger partial charge in [-0.25, -0.2) is 4.39 Å². The number of ketones is 1. The molecule has 0 N–H and O–H groups in total. The molecule has 0 saturated heterocycles. The van der Waals surface area contributed by atoms with Gasteiger partial charge in [-0.15, -0.1) is 0 Å². The first-order valence-electron chi connectivity index (χ1n) is 3.49. The second kappa shape index (κ2) is 3.35. The molecule has 0 aromatic heterocycles. The molecule has 0 aliphatic carbocycles. The minimum absolute atomic E-state index is 0.171. The van der Waals surface area contributed by atoms with Crippen LogP contribution < -0.4 is 0 Å². The summed E-state index contributed by atoms with van der Waals surface area (Å²) in [5.74, 6) is -0.714. The molecule has 1 aromatic carbocycles. The lowest BCUT2D eigenvalue weighted by Gasteiger charge is -2.04. The van der Waals surface area contributed by atoms with Crippen LogP contribution in [0.5, 0.6) is 0 Å². The Bertz CT molecular complexity index is 334. The van der Waals surface area contributed by atoms with Crippen molar-refractivity contribution in [3.63, 3.8) is 0 Å². The van der Waals surface area contributed by atoms with Crippen LogP contribution in [0, 0.1) is 12.7 Å². The zero-order valence-electron chi connectivity index (χ0n) is 6.82. The first-order chi connectivity index (χ1) is 5.54. The molecule has 0 saturated carbocycles. The summed E-state index contributed by atoms with van der Waals surface area (Å²) in [4.78, 5) is 11.0. The van der Waals surface area contributed by atoms with Crippen LogP contribution in [-0.2, 0) is 0 Å². The zero-order chi connectivity index (χ0) is 9.30. The summed E-state index contributed by atoms with van der Waals surface area (Å²) in [6, 6.07) is 3.31. The van der Waals surface area contributed by atoms with Crippen molar-refractivity contribution in [1.82, 2.24) is 0 Å². The summed E-state index contributed by atoms with van der Waals surface area (Å²) in [6.07, 6.45) is 0. The van der Waals surface area contributed by atoms with Crippen LogP contribution in [-0.4, -0.2) is 5.78 Å². The Labute approximate surface area is 78.7 Å². The molecule has 0 atom stereocenters. The van der Waals surface area contributed by atoms with Crippen LogP contribution >= 0.6 is 15.9 Å². The predicted molar refractivity (Wildman–Crippen MR) is 48.8 cm³/mol. The molecule has 1 nitrogen and oxygen atoms in total. The van der Waals surface area contributed by atoms with Gasteiger partial charge in [0.25, 0.3) is 0 Å². The maximum atomic E-state index is 13.2. The molecule has 3 heteroatoms. The van der Waals surface area contributed by atoms with Crippen molar-refractivity contribution in [3.8, 4) is 0 Å². The predicted octanol–water partition coefficient (Wildman–Crippen LogP) is 3.10. The molecule has 0 amide bonds. The number of Topliss-reactive ketones (excluding diaryl/α,β-unsaturated/α-hetero) is 1. The number of rotatable bonds is 1. The van der Waals surface area contributed by atoms with E-state index in [9.17, 15) is 9.18 Å². The van der Waals surface area contributed by atoms with E-state index in [1.54, 1.807) is 19.1 Å². The first-order valence-corrected chi connectivity index (χ1v) is 4.29. The highest BCUT2D eigenvalue weighted by molar-refractivity contribution is 9.10. The van der Waals surface area contributed by atoms with Crippen LogP contribution in [0.2, 0.25) is 0 Å². The van der Waals surface area contributed by atoms with Gasteiger partial charge >= 0.3 is 0 Å². The number of carbonyl (C=O) groups is 1. The van der Waals surface area contributed by atoms with Gasteiger partial charge < -0.3 is 0 Å². The van der Waals surface area contributed by atoms with Crippen molar-refractivity contribution in [3.05, 3.63) is 33.5 Å². The summed E-state index contributed by atoms with van der Waals surface area (Å²) in [6.45, 7) is 3.07. The lowest BCUT2D eigenvalue weighted by atomic mass is 10.1. The molecule has 0 aliphatic heterocycles. The summed E-state index contributed by atoms with van der Waals surface area (Å²) in [7, 11) is 0. The van der Waals surface area contributed by atoms with Crippen LogP contribution in [0.3, 0.4) is 0 Å². The Kier molecular flexibility index (Phi) is 2.62. The number of halogens is 2. The van der Waals surface area contributed by atoms with Crippen LogP contribution in [0.4, 0.5) is 4.39 Å². The third-order valence-corrected chi connectivity index (χ3v) is 2.27. The Morgan fingerprint density at radius 2 is 2.08 bits per heavy atom. The number of hydrogen-bond acceptors (Lipinski definition) is 1. The first kappa shape index (κ1) is 9.39. The van der Waals surface area contributed by atoms with Gasteiger partial charge in [0.2, 0.25) is 0 Å². The van der Waals surface area contributed by atoms with E-state index in [2.05, 4.69) is 15.9 Å². The summed E-state index contributed by atoms with van der Waals surface area (Å²) >= 11 is 3.02. The van der Waals surface area contributed by atoms with Crippen molar-refractivity contribution in [2.24, 2.45) is 0 Å². The molecule has 0 heterocycles. The fraction of sp³-hybridized carbons (Fsp3) is 0.222. The van der Waals surface area contributed by atoms with Crippen molar-refractivity contribution < 1.29 is 9.18 Å². The average molecular weight is 231 g/mol. The van der Waals surface area contributed by atoms with Crippen LogP contribution in [0.25, 0.3) is 0 Å². The Morgan fingerprint density at radius 1 is 1.50 bits per heavy atom. The van der Waals surface area contributed by atoms with E-state index in [4.69, 9.17) is 0 Å². The maximum absolute atomic E-state index is 13.2. The normalized spacial score (nSPS) is 10.0. The monoisotopic (exact) mass is 230 g/mol. The molecule has 0 fully saturated rings. The van der Waals surface area contributed by atoms with Gasteiger partial charge in [0, 0.05) is 0 Å². The van der Waals surface area contributed by atoms with Gasteiger partial charge in [0.05, 0.1) is 10.0 Å². The lowest BCUT2D eigenvalue weighted by molar-refractivity contribution is 0.101. The van der Waals surface area contributed by atoms with Gasteiger partial charge in [-0.05, 0) is 41.4 Å². The van der Waals surface area contributed by atoms with E-state index in [-0.39, 0.29) is 11.3 Å². The molecule has 12 heavy (non-hydrogen) atoms. The molecule has 0 spiro atoms. The summed E-state index contributed by atoms with van der Waals surface area (Å²) in [5.41, 5.74) is 0.840. The highest BCUT2D eigenvalue weighted by atomic mass is 79.9. The highest BCUT2D eigenvalue weighted by Gasteiger charge is 2.12. The fourth-order valence-corrected chi connectivity index (χ4v) is 1.41. The minimum Gasteiger partial charge on any atom is -0.294 e. The largest absolute Gasteiger partial charge is 0.294 e. The van der Waals surface area contributed by atoms with E-state index >= 15 is 0 Å². The summed E-state index contributed by atoms with van der Waals surface area (Å²) < 4.78 is 13.6. The summed E-state index contributed by atoms with van der Waals surface area (Å²) in [5, 5.41) is 0. The SMILES string of the molecule is CC(=O)c1c(C)ccc(Br)c1F. The van der Waals surface area contributed by atoms with Crippen molar-refractivity contribution in [2.75, 3.05) is 0 Å². The number of carbonyl (C=O) groups excluding carboxylic acids is 1. The Balaban J connectivity index is 3.43. The molecular weight excluding hydrogens is 223 g/mol. The molecule has 0 bridgehead atoms. The quantitative estimate of drug-likeness (QED) is 0.678. The van der Waals surface area contributed by atoms with Gasteiger partial charge in [-0.2, -0.15) is 0 Å². The van der Waals surface area contributed by atoms with Gasteiger partial charge in [-0.3, -0.25) is 4.79 Å². The number of hydrogen-bond donors (Lipinski definition) is 0. The lowest BCUT2D eigenvalue weighted by Crippen LogP contribution is -2.00. The molecule has 64 valence electrons. The third-order valence-electron chi connectivity index (χ3n) is 1.66. The van der Waals surface area contributed by atoms with Gasteiger partial charge in [0.1, 0.15) is 5.82 Å². The minimum atomic E-state index is -0.470. The van der Waals surface area contributed by atoms with Crippen molar-refractivity contribution >= 4 is 21.7 Å². The van der Waals surface area contributed by atoms with Crippen LogP contribution in [0.15, 0.2) is 16.6 Å². The Morgan fingerprint density at radius 3 is 2.50 bits per heavy atom. The fourth-order valence-electron chi connectivity index (χ4n) is 1.08. The second-order valence-corrected chi connectivity index (χ2v) is 3.46. The van der Waals surface area contributed by atoms with Crippen molar-refractivity contribution in [2.45, 2.75) is 13.8 Å². The van der Waals surface area contributed by atoms with Crippen molar-refractivity contribution in [1.29, 1.82) is 0 Å². The van der Waals surface area contributed by atoms with E-state index in [1.165, 1.54) is 6.92 Å². The molecular formula is C9H8BrFO. The highest BCUT2D eigenvalue weighted by Crippen LogP contribution is 2.22. The molecule has 0 radical (unpaired) electrons. The maximum Gasteiger partial charge on any atom is 0.163 e. The second-order valence-electron chi connectivity index (χ2n) is 2.61. The molecule has 0 aliphatic rings. The van der Waals surface area contributed by atoms with E-state index in [1.807, 2.05) is 0 Å². The molecule has 0 unspecified atom stereocenters. The Hall–Kier alpha value is -0.700. The molecule has 1 aromatic rings. The smallest absolute Gasteiger partial charge is 0.163 e. The van der Waals surface area contributed by atoms with E-state index < -0.39 is 5.82 Å². The van der Waals surface area contributed by atoms with Gasteiger partial charge in [-0.1, -0.05) is 6.07 Å². The van der Waals surface area contributed by atoms with Crippen LogP contribution in [0.1, 0.15) is 22.8 Å². The zero-order valence-corrected chi connectivity index (χ0v) is 8.40. The van der Waals surface area contributed by atoms with Gasteiger partial charge in [0.15, 0.2) is 5.78 Å². The average Bonchev–Trinajstić information content (AvgIpc) is 1.97. The molecule has 1 rings (SSSR count). The standard InChI is InChI=1S/C9H8BrFO/c1-5-3-4-7(10)9(11)8(5)6(2)12/h3-4H,1-2H3. The topological polar surface area (TPSA) is 17.1 Å². The number of benzene rings is 1. The third kappa shape index (κ3) is 1.55. The van der Waals surface area contributed by atoms with E-state index in [0.717, 1.165) is 0 Å². The number of aryl methyl sites for hydroxylation is 1. The van der Waals surface area contributed by atoms with E-state index in [0.29, 0.717) is 10.0 Å².